The van der Waals surface area contributed by atoms with Crippen LogP contribution in [0.15, 0.2) is 47.4 Å². The summed E-state index contributed by atoms with van der Waals surface area (Å²) in [7, 11) is 0. The number of thioether (sulfide) groups is 1. The minimum atomic E-state index is -0.541. The lowest BCUT2D eigenvalue weighted by molar-refractivity contribution is 0.219. The van der Waals surface area contributed by atoms with Gasteiger partial charge in [-0.2, -0.15) is 0 Å². The molecule has 1 nitrogen and oxygen atoms in total. The predicted octanol–water partition coefficient (Wildman–Crippen LogP) is 4.11. The van der Waals surface area contributed by atoms with Crippen molar-refractivity contribution in [3.63, 3.8) is 0 Å². The van der Waals surface area contributed by atoms with Gasteiger partial charge in [-0.3, -0.25) is 0 Å². The number of aryl methyl sites for hydroxylation is 2. The Morgan fingerprint density at radius 2 is 1.67 bits per heavy atom. The number of aliphatic hydroxyl groups is 1. The van der Waals surface area contributed by atoms with Gasteiger partial charge in [-0.05, 0) is 48.9 Å². The topological polar surface area (TPSA) is 20.2 Å². The number of aliphatic hydroxyl groups excluding tert-OH is 1. The van der Waals surface area contributed by atoms with Crippen LogP contribution in [0.25, 0.3) is 0 Å². The zero-order valence-corrected chi connectivity index (χ0v) is 11.8. The third kappa shape index (κ3) is 2.77. The fourth-order valence-corrected chi connectivity index (χ4v) is 2.43. The van der Waals surface area contributed by atoms with Gasteiger partial charge >= 0.3 is 0 Å². The Hall–Kier alpha value is -1.25. The van der Waals surface area contributed by atoms with Crippen molar-refractivity contribution < 1.29 is 5.11 Å². The maximum Gasteiger partial charge on any atom is 0.104 e. The SMILES string of the molecule is CSc1ccc(C(O)c2cc(C)ccc2C)cc1. The van der Waals surface area contributed by atoms with Gasteiger partial charge in [-0.15, -0.1) is 11.8 Å². The van der Waals surface area contributed by atoms with E-state index in [-0.39, 0.29) is 0 Å². The molecule has 0 radical (unpaired) electrons. The lowest BCUT2D eigenvalue weighted by Gasteiger charge is -2.15. The lowest BCUT2D eigenvalue weighted by Crippen LogP contribution is -2.02. The summed E-state index contributed by atoms with van der Waals surface area (Å²) in [5.41, 5.74) is 4.24. The van der Waals surface area contributed by atoms with E-state index >= 15 is 0 Å². The van der Waals surface area contributed by atoms with E-state index in [2.05, 4.69) is 24.5 Å². The van der Waals surface area contributed by atoms with Crippen LogP contribution in [0.2, 0.25) is 0 Å². The van der Waals surface area contributed by atoms with Crippen molar-refractivity contribution in [2.45, 2.75) is 24.8 Å². The highest BCUT2D eigenvalue weighted by molar-refractivity contribution is 7.98. The van der Waals surface area contributed by atoms with E-state index in [4.69, 9.17) is 0 Å². The van der Waals surface area contributed by atoms with Crippen LogP contribution in [-0.4, -0.2) is 11.4 Å². The normalized spacial score (nSPS) is 12.4. The minimum absolute atomic E-state index is 0.541. The summed E-state index contributed by atoms with van der Waals surface area (Å²) in [5.74, 6) is 0. The molecule has 0 fully saturated rings. The van der Waals surface area contributed by atoms with Crippen molar-refractivity contribution in [1.29, 1.82) is 0 Å². The molecular formula is C16H18OS. The van der Waals surface area contributed by atoms with E-state index in [1.54, 1.807) is 11.8 Å². The van der Waals surface area contributed by atoms with Crippen molar-refractivity contribution in [2.24, 2.45) is 0 Å². The van der Waals surface area contributed by atoms with Gasteiger partial charge in [0.25, 0.3) is 0 Å². The maximum absolute atomic E-state index is 10.5. The van der Waals surface area contributed by atoms with Crippen molar-refractivity contribution in [3.8, 4) is 0 Å². The number of benzene rings is 2. The molecule has 0 spiro atoms. The molecule has 0 amide bonds. The maximum atomic E-state index is 10.5. The van der Waals surface area contributed by atoms with E-state index in [9.17, 15) is 5.11 Å². The third-order valence-corrected chi connectivity index (χ3v) is 3.90. The first-order valence-corrected chi connectivity index (χ1v) is 7.23. The molecule has 2 aromatic carbocycles. The van der Waals surface area contributed by atoms with Crippen LogP contribution in [-0.2, 0) is 0 Å². The highest BCUT2D eigenvalue weighted by Crippen LogP contribution is 2.27. The highest BCUT2D eigenvalue weighted by Gasteiger charge is 2.12. The molecule has 2 heteroatoms. The van der Waals surface area contributed by atoms with Gasteiger partial charge in [0, 0.05) is 4.90 Å². The largest absolute Gasteiger partial charge is 0.384 e. The molecule has 0 aliphatic heterocycles. The molecule has 1 N–H and O–H groups in total. The second-order valence-electron chi connectivity index (χ2n) is 4.54. The molecule has 18 heavy (non-hydrogen) atoms. The van der Waals surface area contributed by atoms with E-state index in [1.165, 1.54) is 10.5 Å². The quantitative estimate of drug-likeness (QED) is 0.836. The lowest BCUT2D eigenvalue weighted by atomic mass is 9.96. The standard InChI is InChI=1S/C16H18OS/c1-11-4-5-12(2)15(10-11)16(17)13-6-8-14(18-3)9-7-13/h4-10,16-17H,1-3H3. The summed E-state index contributed by atoms with van der Waals surface area (Å²) in [6.45, 7) is 4.08. The molecule has 94 valence electrons. The summed E-state index contributed by atoms with van der Waals surface area (Å²) in [6, 6.07) is 14.3. The average Bonchev–Trinajstić information content (AvgIpc) is 2.41. The molecule has 2 aromatic rings. The molecule has 0 bridgehead atoms. The number of rotatable bonds is 3. The molecule has 0 saturated carbocycles. The average molecular weight is 258 g/mol. The van der Waals surface area contributed by atoms with Crippen LogP contribution >= 0.6 is 11.8 Å². The van der Waals surface area contributed by atoms with Crippen molar-refractivity contribution in [2.75, 3.05) is 6.26 Å². The Morgan fingerprint density at radius 3 is 2.28 bits per heavy atom. The molecule has 0 heterocycles. The molecule has 2 rings (SSSR count). The second kappa shape index (κ2) is 5.59. The molecule has 0 saturated heterocycles. The summed E-state index contributed by atoms with van der Waals surface area (Å²) in [6.07, 6.45) is 1.51. The van der Waals surface area contributed by atoms with Crippen LogP contribution < -0.4 is 0 Å². The zero-order valence-electron chi connectivity index (χ0n) is 11.0. The Labute approximate surface area is 113 Å². The van der Waals surface area contributed by atoms with Crippen molar-refractivity contribution >= 4 is 11.8 Å². The van der Waals surface area contributed by atoms with Gasteiger partial charge in [0.2, 0.25) is 0 Å². The minimum Gasteiger partial charge on any atom is -0.384 e. The van der Waals surface area contributed by atoms with Gasteiger partial charge in [-0.1, -0.05) is 35.9 Å². The van der Waals surface area contributed by atoms with Crippen LogP contribution in [0.4, 0.5) is 0 Å². The monoisotopic (exact) mass is 258 g/mol. The smallest absolute Gasteiger partial charge is 0.104 e. The fourth-order valence-electron chi connectivity index (χ4n) is 2.02. The van der Waals surface area contributed by atoms with E-state index < -0.39 is 6.10 Å². The van der Waals surface area contributed by atoms with E-state index in [0.717, 1.165) is 16.7 Å². The fraction of sp³-hybridized carbons (Fsp3) is 0.250. The Morgan fingerprint density at radius 1 is 1.00 bits per heavy atom. The summed E-state index contributed by atoms with van der Waals surface area (Å²) < 4.78 is 0. The van der Waals surface area contributed by atoms with Gasteiger partial charge in [0.05, 0.1) is 0 Å². The first kappa shape index (κ1) is 13.2. The molecule has 0 aliphatic rings. The van der Waals surface area contributed by atoms with Crippen LogP contribution in [0.3, 0.4) is 0 Å². The summed E-state index contributed by atoms with van der Waals surface area (Å²) in [5, 5.41) is 10.5. The zero-order chi connectivity index (χ0) is 13.1. The van der Waals surface area contributed by atoms with Crippen LogP contribution in [0.5, 0.6) is 0 Å². The predicted molar refractivity (Wildman–Crippen MR) is 78.2 cm³/mol. The van der Waals surface area contributed by atoms with Crippen molar-refractivity contribution in [3.05, 3.63) is 64.7 Å². The van der Waals surface area contributed by atoms with Crippen LogP contribution in [0.1, 0.15) is 28.4 Å². The molecule has 1 atom stereocenters. The van der Waals surface area contributed by atoms with E-state index in [0.29, 0.717) is 0 Å². The van der Waals surface area contributed by atoms with Gasteiger partial charge in [0.15, 0.2) is 0 Å². The first-order chi connectivity index (χ1) is 8.61. The third-order valence-electron chi connectivity index (χ3n) is 3.16. The molecule has 0 aromatic heterocycles. The number of hydrogen-bond acceptors (Lipinski definition) is 2. The summed E-state index contributed by atoms with van der Waals surface area (Å²) in [4.78, 5) is 1.21. The molecule has 0 aliphatic carbocycles. The van der Waals surface area contributed by atoms with Gasteiger partial charge < -0.3 is 5.11 Å². The second-order valence-corrected chi connectivity index (χ2v) is 5.42. The van der Waals surface area contributed by atoms with E-state index in [1.807, 2.05) is 38.1 Å². The Kier molecular flexibility index (Phi) is 4.10. The van der Waals surface area contributed by atoms with Crippen molar-refractivity contribution in [1.82, 2.24) is 0 Å². The van der Waals surface area contributed by atoms with Gasteiger partial charge in [-0.25, -0.2) is 0 Å². The van der Waals surface area contributed by atoms with Crippen LogP contribution in [0, 0.1) is 13.8 Å². The molecular weight excluding hydrogens is 240 g/mol. The molecule has 1 unspecified atom stereocenters. The number of hydrogen-bond donors (Lipinski definition) is 1. The van der Waals surface area contributed by atoms with Gasteiger partial charge in [0.1, 0.15) is 6.10 Å². The Balaban J connectivity index is 2.34. The Bertz CT molecular complexity index is 531. The first-order valence-electron chi connectivity index (χ1n) is 6.01. The highest BCUT2D eigenvalue weighted by atomic mass is 32.2. The summed E-state index contributed by atoms with van der Waals surface area (Å²) >= 11 is 1.71.